The number of amides is 2. The van der Waals surface area contributed by atoms with Crippen LogP contribution in [0.15, 0.2) is 60.7 Å². The first kappa shape index (κ1) is 26.4. The van der Waals surface area contributed by atoms with Crippen LogP contribution in [0.1, 0.15) is 38.3 Å². The summed E-state index contributed by atoms with van der Waals surface area (Å²) in [4.78, 5) is 49.5. The lowest BCUT2D eigenvalue weighted by Crippen LogP contribution is -2.52. The van der Waals surface area contributed by atoms with Crippen molar-refractivity contribution in [3.63, 3.8) is 0 Å². The van der Waals surface area contributed by atoms with Crippen molar-refractivity contribution in [1.82, 2.24) is 10.6 Å². The number of hydrogen-bond acceptors (Lipinski definition) is 7. The lowest BCUT2D eigenvalue weighted by Gasteiger charge is -2.21. The third-order valence-electron chi connectivity index (χ3n) is 4.50. The summed E-state index contributed by atoms with van der Waals surface area (Å²) in [6.07, 6.45) is -1.70. The van der Waals surface area contributed by atoms with Crippen LogP contribution in [-0.4, -0.2) is 42.1 Å². The molecule has 34 heavy (non-hydrogen) atoms. The molecule has 0 aromatic heterocycles. The molecule has 0 heterocycles. The molecule has 0 saturated carbocycles. The Balaban J connectivity index is 1.98. The summed E-state index contributed by atoms with van der Waals surface area (Å²) in [5, 5.41) is 4.83. The predicted molar refractivity (Wildman–Crippen MR) is 123 cm³/mol. The first-order valence-corrected chi connectivity index (χ1v) is 10.9. The van der Waals surface area contributed by atoms with E-state index in [1.54, 1.807) is 62.4 Å². The maximum Gasteiger partial charge on any atom is 0.408 e. The van der Waals surface area contributed by atoms with E-state index < -0.39 is 42.4 Å². The van der Waals surface area contributed by atoms with E-state index in [0.717, 1.165) is 11.1 Å². The molecule has 0 radical (unpaired) electrons. The minimum absolute atomic E-state index is 0.0173. The fourth-order valence-electron chi connectivity index (χ4n) is 2.79. The van der Waals surface area contributed by atoms with E-state index in [4.69, 9.17) is 14.2 Å². The third-order valence-corrected chi connectivity index (χ3v) is 4.50. The molecule has 0 aliphatic carbocycles. The van der Waals surface area contributed by atoms with Gasteiger partial charge >= 0.3 is 18.0 Å². The van der Waals surface area contributed by atoms with Gasteiger partial charge in [0.25, 0.3) is 0 Å². The number of carbonyl (C=O) groups excluding carboxylic acids is 4. The lowest BCUT2D eigenvalue weighted by molar-refractivity contribution is -0.151. The van der Waals surface area contributed by atoms with E-state index >= 15 is 0 Å². The average Bonchev–Trinajstić information content (AvgIpc) is 2.82. The van der Waals surface area contributed by atoms with Crippen LogP contribution in [0.2, 0.25) is 0 Å². The van der Waals surface area contributed by atoms with Gasteiger partial charge in [0.2, 0.25) is 5.91 Å². The van der Waals surface area contributed by atoms with Crippen LogP contribution in [0.5, 0.6) is 0 Å². The summed E-state index contributed by atoms with van der Waals surface area (Å²) >= 11 is 0. The Morgan fingerprint density at radius 1 is 0.765 bits per heavy atom. The lowest BCUT2D eigenvalue weighted by atomic mass is 10.1. The van der Waals surface area contributed by atoms with Gasteiger partial charge in [-0.3, -0.25) is 9.59 Å². The van der Waals surface area contributed by atoms with Gasteiger partial charge in [-0.05, 0) is 31.9 Å². The maximum atomic E-state index is 12.8. The van der Waals surface area contributed by atoms with Crippen molar-refractivity contribution in [3.05, 3.63) is 71.8 Å². The Morgan fingerprint density at radius 2 is 1.29 bits per heavy atom. The Hall–Kier alpha value is -3.88. The Labute approximate surface area is 198 Å². The number of carbonyl (C=O) groups is 4. The van der Waals surface area contributed by atoms with Crippen molar-refractivity contribution < 1.29 is 33.4 Å². The van der Waals surface area contributed by atoms with Crippen molar-refractivity contribution in [3.8, 4) is 0 Å². The number of alkyl carbamates (subject to hydrolysis) is 1. The minimum atomic E-state index is -1.32. The highest BCUT2D eigenvalue weighted by Gasteiger charge is 2.28. The number of benzene rings is 2. The fraction of sp³-hybridized carbons (Fsp3) is 0.360. The van der Waals surface area contributed by atoms with E-state index in [1.165, 1.54) is 6.92 Å². The Kier molecular flexibility index (Phi) is 10.6. The van der Waals surface area contributed by atoms with Gasteiger partial charge in [-0.2, -0.15) is 0 Å². The van der Waals surface area contributed by atoms with Gasteiger partial charge < -0.3 is 24.8 Å². The highest BCUT2D eigenvalue weighted by molar-refractivity contribution is 5.92. The van der Waals surface area contributed by atoms with E-state index in [-0.39, 0.29) is 19.3 Å². The van der Waals surface area contributed by atoms with Crippen LogP contribution in [0.4, 0.5) is 4.79 Å². The summed E-state index contributed by atoms with van der Waals surface area (Å²) < 4.78 is 15.4. The van der Waals surface area contributed by atoms with Gasteiger partial charge in [0.15, 0.2) is 0 Å². The molecule has 2 aromatic carbocycles. The van der Waals surface area contributed by atoms with Crippen molar-refractivity contribution in [2.45, 2.75) is 58.6 Å². The first-order chi connectivity index (χ1) is 16.2. The molecular weight excluding hydrogens is 440 g/mol. The molecule has 0 fully saturated rings. The molecule has 2 rings (SSSR count). The van der Waals surface area contributed by atoms with Crippen LogP contribution in [0.3, 0.4) is 0 Å². The quantitative estimate of drug-likeness (QED) is 0.383. The second-order valence-electron chi connectivity index (χ2n) is 7.82. The molecule has 2 amide bonds. The smallest absolute Gasteiger partial charge is 0.408 e. The largest absolute Gasteiger partial charge is 0.461 e. The molecule has 0 aliphatic rings. The monoisotopic (exact) mass is 470 g/mol. The normalized spacial score (nSPS) is 12.2. The topological polar surface area (TPSA) is 120 Å². The van der Waals surface area contributed by atoms with Crippen molar-refractivity contribution in [2.24, 2.45) is 0 Å². The van der Waals surface area contributed by atoms with Crippen LogP contribution >= 0.6 is 0 Å². The van der Waals surface area contributed by atoms with Crippen molar-refractivity contribution >= 4 is 23.9 Å². The van der Waals surface area contributed by atoms with Crippen LogP contribution in [0.25, 0.3) is 0 Å². The zero-order chi connectivity index (χ0) is 24.9. The van der Waals surface area contributed by atoms with Gasteiger partial charge in [-0.15, -0.1) is 0 Å². The van der Waals surface area contributed by atoms with Gasteiger partial charge in [0, 0.05) is 0 Å². The standard InChI is InChI=1S/C25H30N2O7/c1-17(2)34-24(30)18(3)26-23(29)21(14-22(28)32-15-19-10-6-4-7-11-19)27-25(31)33-16-20-12-8-5-9-13-20/h4-13,17-18,21H,14-16H2,1-3H3,(H,26,29)(H,27,31)/t18-,21+/m1/s1. The fourth-order valence-corrected chi connectivity index (χ4v) is 2.79. The highest BCUT2D eigenvalue weighted by atomic mass is 16.6. The van der Waals surface area contributed by atoms with Gasteiger partial charge in [-0.1, -0.05) is 60.7 Å². The molecule has 0 saturated heterocycles. The molecule has 0 bridgehead atoms. The zero-order valence-corrected chi connectivity index (χ0v) is 19.5. The molecule has 2 aromatic rings. The minimum Gasteiger partial charge on any atom is -0.461 e. The van der Waals surface area contributed by atoms with E-state index in [0.29, 0.717) is 0 Å². The molecule has 0 unspecified atom stereocenters. The second-order valence-corrected chi connectivity index (χ2v) is 7.82. The molecule has 182 valence electrons. The maximum absolute atomic E-state index is 12.8. The molecule has 0 aliphatic heterocycles. The molecular formula is C25H30N2O7. The van der Waals surface area contributed by atoms with Gasteiger partial charge in [-0.25, -0.2) is 9.59 Å². The number of ether oxygens (including phenoxy) is 3. The summed E-state index contributed by atoms with van der Waals surface area (Å²) in [5.41, 5.74) is 1.53. The number of esters is 2. The van der Waals surface area contributed by atoms with Gasteiger partial charge in [0.05, 0.1) is 12.5 Å². The number of hydrogen-bond donors (Lipinski definition) is 2. The van der Waals surface area contributed by atoms with Crippen molar-refractivity contribution in [2.75, 3.05) is 0 Å². The number of nitrogens with one attached hydrogen (secondary N) is 2. The van der Waals surface area contributed by atoms with Crippen LogP contribution in [0, 0.1) is 0 Å². The second kappa shape index (κ2) is 13.6. The summed E-state index contributed by atoms with van der Waals surface area (Å²) in [6, 6.07) is 15.7. The highest BCUT2D eigenvalue weighted by Crippen LogP contribution is 2.06. The zero-order valence-electron chi connectivity index (χ0n) is 19.5. The summed E-state index contributed by atoms with van der Waals surface area (Å²) in [6.45, 7) is 4.81. The predicted octanol–water partition coefficient (Wildman–Crippen LogP) is 2.87. The van der Waals surface area contributed by atoms with Gasteiger partial charge in [0.1, 0.15) is 25.3 Å². The van der Waals surface area contributed by atoms with Crippen molar-refractivity contribution in [1.29, 1.82) is 0 Å². The van der Waals surface area contributed by atoms with Crippen LogP contribution < -0.4 is 10.6 Å². The van der Waals surface area contributed by atoms with Crippen LogP contribution in [-0.2, 0) is 41.8 Å². The SMILES string of the molecule is CC(C)OC(=O)[C@@H](C)NC(=O)[C@H](CC(=O)OCc1ccccc1)NC(=O)OCc1ccccc1. The molecule has 0 spiro atoms. The van der Waals surface area contributed by atoms with E-state index in [1.807, 2.05) is 12.1 Å². The Morgan fingerprint density at radius 3 is 1.82 bits per heavy atom. The van der Waals surface area contributed by atoms with E-state index in [9.17, 15) is 19.2 Å². The molecule has 9 nitrogen and oxygen atoms in total. The summed E-state index contributed by atoms with van der Waals surface area (Å²) in [5.74, 6) is -2.09. The first-order valence-electron chi connectivity index (χ1n) is 10.9. The molecule has 2 atom stereocenters. The molecule has 2 N–H and O–H groups in total. The third kappa shape index (κ3) is 9.72. The summed E-state index contributed by atoms with van der Waals surface area (Å²) in [7, 11) is 0. The molecule has 9 heteroatoms. The number of rotatable bonds is 11. The Bertz CT molecular complexity index is 891. The average molecular weight is 471 g/mol. The van der Waals surface area contributed by atoms with E-state index in [2.05, 4.69) is 10.6 Å².